The smallest absolute Gasteiger partial charge is 0.242 e. The van der Waals surface area contributed by atoms with Gasteiger partial charge in [-0.3, -0.25) is 9.59 Å². The SMILES string of the molecule is Cc1ccccc1CN(C(=O)CN1CCCC1=O)C1CCCCC1. The van der Waals surface area contributed by atoms with Crippen molar-refractivity contribution in [3.05, 3.63) is 35.4 Å². The quantitative estimate of drug-likeness (QED) is 0.832. The fraction of sp³-hybridized carbons (Fsp3) is 0.600. The van der Waals surface area contributed by atoms with Gasteiger partial charge in [0.15, 0.2) is 0 Å². The van der Waals surface area contributed by atoms with Crippen LogP contribution in [0.1, 0.15) is 56.1 Å². The van der Waals surface area contributed by atoms with Crippen LogP contribution in [-0.2, 0) is 16.1 Å². The maximum absolute atomic E-state index is 13.0. The Kier molecular flexibility index (Phi) is 5.54. The van der Waals surface area contributed by atoms with Crippen molar-refractivity contribution in [2.24, 2.45) is 0 Å². The summed E-state index contributed by atoms with van der Waals surface area (Å²) in [5, 5.41) is 0. The Hall–Kier alpha value is -1.84. The van der Waals surface area contributed by atoms with Crippen LogP contribution in [0.5, 0.6) is 0 Å². The minimum Gasteiger partial charge on any atom is -0.334 e. The minimum absolute atomic E-state index is 0.111. The van der Waals surface area contributed by atoms with Crippen LogP contribution in [-0.4, -0.2) is 40.7 Å². The minimum atomic E-state index is 0.111. The number of hydrogen-bond donors (Lipinski definition) is 0. The lowest BCUT2D eigenvalue weighted by Gasteiger charge is -2.36. The molecule has 0 radical (unpaired) electrons. The van der Waals surface area contributed by atoms with E-state index in [-0.39, 0.29) is 18.4 Å². The highest BCUT2D eigenvalue weighted by Crippen LogP contribution is 2.25. The highest BCUT2D eigenvalue weighted by atomic mass is 16.2. The molecule has 2 fully saturated rings. The number of carbonyl (C=O) groups excluding carboxylic acids is 2. The van der Waals surface area contributed by atoms with E-state index in [1.54, 1.807) is 4.90 Å². The Morgan fingerprint density at radius 1 is 1.17 bits per heavy atom. The molecular weight excluding hydrogens is 300 g/mol. The van der Waals surface area contributed by atoms with Crippen molar-refractivity contribution in [1.29, 1.82) is 0 Å². The first-order valence-electron chi connectivity index (χ1n) is 9.27. The molecule has 2 amide bonds. The van der Waals surface area contributed by atoms with E-state index < -0.39 is 0 Å². The molecule has 2 aliphatic rings. The van der Waals surface area contributed by atoms with Gasteiger partial charge in [-0.2, -0.15) is 0 Å². The largest absolute Gasteiger partial charge is 0.334 e. The van der Waals surface area contributed by atoms with Gasteiger partial charge in [-0.15, -0.1) is 0 Å². The molecule has 1 aromatic rings. The zero-order chi connectivity index (χ0) is 16.9. The summed E-state index contributed by atoms with van der Waals surface area (Å²) < 4.78 is 0. The van der Waals surface area contributed by atoms with Gasteiger partial charge in [0, 0.05) is 25.6 Å². The zero-order valence-electron chi connectivity index (χ0n) is 14.7. The number of hydrogen-bond acceptors (Lipinski definition) is 2. The second-order valence-corrected chi connectivity index (χ2v) is 7.16. The number of amides is 2. The molecule has 0 aromatic heterocycles. The summed E-state index contributed by atoms with van der Waals surface area (Å²) in [5.41, 5.74) is 2.44. The third-order valence-electron chi connectivity index (χ3n) is 5.44. The van der Waals surface area contributed by atoms with E-state index in [0.29, 0.717) is 19.0 Å². The number of likely N-dealkylation sites (tertiary alicyclic amines) is 1. The first kappa shape index (κ1) is 17.0. The first-order valence-corrected chi connectivity index (χ1v) is 9.27. The topological polar surface area (TPSA) is 40.6 Å². The highest BCUT2D eigenvalue weighted by molar-refractivity contribution is 5.86. The molecule has 0 N–H and O–H groups in total. The van der Waals surface area contributed by atoms with Crippen LogP contribution < -0.4 is 0 Å². The molecule has 4 heteroatoms. The number of nitrogens with zero attached hydrogens (tertiary/aromatic N) is 2. The molecule has 1 aromatic carbocycles. The van der Waals surface area contributed by atoms with Crippen LogP contribution in [0.3, 0.4) is 0 Å². The fourth-order valence-electron chi connectivity index (χ4n) is 3.91. The van der Waals surface area contributed by atoms with E-state index in [1.807, 2.05) is 17.0 Å². The predicted molar refractivity (Wildman–Crippen MR) is 94.4 cm³/mol. The zero-order valence-corrected chi connectivity index (χ0v) is 14.7. The molecule has 4 nitrogen and oxygen atoms in total. The number of aryl methyl sites for hydroxylation is 1. The van der Waals surface area contributed by atoms with Crippen molar-refractivity contribution in [3.8, 4) is 0 Å². The van der Waals surface area contributed by atoms with Gasteiger partial charge in [-0.1, -0.05) is 43.5 Å². The van der Waals surface area contributed by atoms with Gasteiger partial charge in [-0.25, -0.2) is 0 Å². The molecule has 1 saturated carbocycles. The molecular formula is C20H28N2O2. The molecule has 0 atom stereocenters. The average molecular weight is 328 g/mol. The second-order valence-electron chi connectivity index (χ2n) is 7.16. The molecule has 0 bridgehead atoms. The summed E-state index contributed by atoms with van der Waals surface area (Å²) in [7, 11) is 0. The van der Waals surface area contributed by atoms with Gasteiger partial charge in [0.1, 0.15) is 0 Å². The number of rotatable bonds is 5. The van der Waals surface area contributed by atoms with E-state index in [0.717, 1.165) is 25.8 Å². The second kappa shape index (κ2) is 7.82. The maximum atomic E-state index is 13.0. The van der Waals surface area contributed by atoms with Gasteiger partial charge in [0.2, 0.25) is 11.8 Å². The molecule has 1 saturated heterocycles. The summed E-state index contributed by atoms with van der Waals surface area (Å²) in [5.74, 6) is 0.239. The van der Waals surface area contributed by atoms with Crippen LogP contribution >= 0.6 is 0 Å². The van der Waals surface area contributed by atoms with E-state index >= 15 is 0 Å². The van der Waals surface area contributed by atoms with Crippen LogP contribution in [0.25, 0.3) is 0 Å². The van der Waals surface area contributed by atoms with Crippen LogP contribution in [0, 0.1) is 6.92 Å². The summed E-state index contributed by atoms with van der Waals surface area (Å²) in [6.07, 6.45) is 7.32. The fourth-order valence-corrected chi connectivity index (χ4v) is 3.91. The molecule has 130 valence electrons. The van der Waals surface area contributed by atoms with Gasteiger partial charge >= 0.3 is 0 Å². The Morgan fingerprint density at radius 2 is 1.92 bits per heavy atom. The molecule has 1 heterocycles. The highest BCUT2D eigenvalue weighted by Gasteiger charge is 2.29. The van der Waals surface area contributed by atoms with Crippen LogP contribution in [0.15, 0.2) is 24.3 Å². The van der Waals surface area contributed by atoms with E-state index in [9.17, 15) is 9.59 Å². The third-order valence-corrected chi connectivity index (χ3v) is 5.44. The van der Waals surface area contributed by atoms with Crippen molar-refractivity contribution < 1.29 is 9.59 Å². The van der Waals surface area contributed by atoms with Crippen molar-refractivity contribution in [2.75, 3.05) is 13.1 Å². The molecule has 3 rings (SSSR count). The lowest BCUT2D eigenvalue weighted by atomic mass is 9.93. The maximum Gasteiger partial charge on any atom is 0.242 e. The van der Waals surface area contributed by atoms with E-state index in [1.165, 1.54) is 30.4 Å². The molecule has 24 heavy (non-hydrogen) atoms. The van der Waals surface area contributed by atoms with Gasteiger partial charge in [0.25, 0.3) is 0 Å². The van der Waals surface area contributed by atoms with Crippen molar-refractivity contribution >= 4 is 11.8 Å². The van der Waals surface area contributed by atoms with Gasteiger partial charge in [0.05, 0.1) is 6.54 Å². The average Bonchev–Trinajstić information content (AvgIpc) is 2.99. The Morgan fingerprint density at radius 3 is 2.58 bits per heavy atom. The molecule has 0 spiro atoms. The van der Waals surface area contributed by atoms with Gasteiger partial charge < -0.3 is 9.80 Å². The summed E-state index contributed by atoms with van der Waals surface area (Å²) in [4.78, 5) is 28.6. The lowest BCUT2D eigenvalue weighted by molar-refractivity contribution is -0.141. The van der Waals surface area contributed by atoms with Gasteiger partial charge in [-0.05, 0) is 37.3 Å². The summed E-state index contributed by atoms with van der Waals surface area (Å²) in [6.45, 7) is 3.75. The standard InChI is InChI=1S/C20H28N2O2/c1-16-8-5-6-9-17(16)14-22(18-10-3-2-4-11-18)20(24)15-21-13-7-12-19(21)23/h5-6,8-9,18H,2-4,7,10-15H2,1H3. The number of carbonyl (C=O) groups is 2. The Labute approximate surface area is 144 Å². The Balaban J connectivity index is 1.74. The van der Waals surface area contributed by atoms with E-state index in [2.05, 4.69) is 19.1 Å². The molecule has 1 aliphatic carbocycles. The normalized spacial score (nSPS) is 18.9. The first-order chi connectivity index (χ1) is 11.6. The predicted octanol–water partition coefficient (Wildman–Crippen LogP) is 3.28. The number of benzene rings is 1. The monoisotopic (exact) mass is 328 g/mol. The summed E-state index contributed by atoms with van der Waals surface area (Å²) >= 11 is 0. The summed E-state index contributed by atoms with van der Waals surface area (Å²) in [6, 6.07) is 8.61. The van der Waals surface area contributed by atoms with Crippen molar-refractivity contribution in [3.63, 3.8) is 0 Å². The van der Waals surface area contributed by atoms with Crippen molar-refractivity contribution in [1.82, 2.24) is 9.80 Å². The van der Waals surface area contributed by atoms with Crippen LogP contribution in [0.4, 0.5) is 0 Å². The third kappa shape index (κ3) is 3.97. The molecule has 0 unspecified atom stereocenters. The van der Waals surface area contributed by atoms with Crippen LogP contribution in [0.2, 0.25) is 0 Å². The van der Waals surface area contributed by atoms with E-state index in [4.69, 9.17) is 0 Å². The van der Waals surface area contributed by atoms with Crippen molar-refractivity contribution in [2.45, 2.75) is 64.5 Å². The lowest BCUT2D eigenvalue weighted by Crippen LogP contribution is -2.46. The Bertz CT molecular complexity index is 593. The molecule has 1 aliphatic heterocycles.